The summed E-state index contributed by atoms with van der Waals surface area (Å²) in [6.45, 7) is 0. The zero-order chi connectivity index (χ0) is 8.43. The molecule has 0 radical (unpaired) electrons. The highest BCUT2D eigenvalue weighted by Crippen LogP contribution is 2.30. The van der Waals surface area contributed by atoms with Crippen LogP contribution in [0.3, 0.4) is 0 Å². The van der Waals surface area contributed by atoms with E-state index in [1.54, 1.807) is 6.07 Å². The average molecular weight is 229 g/mol. The summed E-state index contributed by atoms with van der Waals surface area (Å²) < 4.78 is 0. The van der Waals surface area contributed by atoms with Crippen LogP contribution in [0.4, 0.5) is 0 Å². The van der Waals surface area contributed by atoms with Crippen molar-refractivity contribution >= 4 is 46.6 Å². The van der Waals surface area contributed by atoms with E-state index in [1.165, 1.54) is 11.8 Å². The first-order chi connectivity index (χ1) is 5.15. The van der Waals surface area contributed by atoms with Gasteiger partial charge in [-0.15, -0.1) is 11.8 Å². The third kappa shape index (κ3) is 2.15. The molecule has 0 N–H and O–H groups in total. The molecule has 1 aromatic heterocycles. The zero-order valence-corrected chi connectivity index (χ0v) is 8.65. The molecule has 0 aromatic carbocycles. The summed E-state index contributed by atoms with van der Waals surface area (Å²) in [6.07, 6.45) is 1.87. The number of aromatic nitrogens is 1. The molecule has 60 valence electrons. The van der Waals surface area contributed by atoms with Gasteiger partial charge in [-0.3, -0.25) is 0 Å². The number of halogens is 3. The van der Waals surface area contributed by atoms with Gasteiger partial charge in [0, 0.05) is 0 Å². The van der Waals surface area contributed by atoms with Gasteiger partial charge in [0.05, 0.1) is 10.0 Å². The van der Waals surface area contributed by atoms with Crippen LogP contribution in [0.2, 0.25) is 15.2 Å². The Balaban J connectivity index is 3.21. The highest BCUT2D eigenvalue weighted by atomic mass is 35.5. The maximum Gasteiger partial charge on any atom is 0.149 e. The van der Waals surface area contributed by atoms with Gasteiger partial charge in [0.15, 0.2) is 0 Å². The fraction of sp³-hybridized carbons (Fsp3) is 0.167. The molecule has 0 aliphatic heterocycles. The summed E-state index contributed by atoms with van der Waals surface area (Å²) in [5, 5.41) is 1.91. The normalized spacial score (nSPS) is 10.2. The van der Waals surface area contributed by atoms with Gasteiger partial charge in [0.25, 0.3) is 0 Å². The van der Waals surface area contributed by atoms with Gasteiger partial charge in [0.1, 0.15) is 10.2 Å². The molecule has 0 fully saturated rings. The van der Waals surface area contributed by atoms with Crippen molar-refractivity contribution in [3.63, 3.8) is 0 Å². The predicted octanol–water partition coefficient (Wildman–Crippen LogP) is 3.76. The smallest absolute Gasteiger partial charge is 0.149 e. The second kappa shape index (κ2) is 3.85. The molecular formula is C6H4Cl3NS. The van der Waals surface area contributed by atoms with E-state index in [-0.39, 0.29) is 0 Å². The third-order valence-corrected chi connectivity index (χ3v) is 2.82. The van der Waals surface area contributed by atoms with Crippen LogP contribution in [-0.2, 0) is 0 Å². The first-order valence-corrected chi connectivity index (χ1v) is 5.06. The Hall–Kier alpha value is 0.370. The van der Waals surface area contributed by atoms with Crippen molar-refractivity contribution in [2.75, 3.05) is 6.26 Å². The number of nitrogens with zero attached hydrogens (tertiary/aromatic N) is 1. The van der Waals surface area contributed by atoms with Crippen molar-refractivity contribution in [2.45, 2.75) is 5.03 Å². The standard InChI is InChI=1S/C6H4Cl3NS/c1-11-6-4(8)2-3(7)5(9)10-6/h2H,1H3. The van der Waals surface area contributed by atoms with Crippen LogP contribution >= 0.6 is 46.6 Å². The predicted molar refractivity (Wildman–Crippen MR) is 51.0 cm³/mol. The van der Waals surface area contributed by atoms with Crippen molar-refractivity contribution in [3.8, 4) is 0 Å². The molecule has 1 rings (SSSR count). The number of pyridine rings is 1. The highest BCUT2D eigenvalue weighted by molar-refractivity contribution is 7.98. The minimum absolute atomic E-state index is 0.292. The van der Waals surface area contributed by atoms with Crippen LogP contribution < -0.4 is 0 Å². The molecule has 1 nitrogen and oxygen atoms in total. The lowest BCUT2D eigenvalue weighted by Crippen LogP contribution is -1.82. The SMILES string of the molecule is CSc1nc(Cl)c(Cl)cc1Cl. The van der Waals surface area contributed by atoms with E-state index >= 15 is 0 Å². The number of rotatable bonds is 1. The fourth-order valence-electron chi connectivity index (χ4n) is 0.572. The lowest BCUT2D eigenvalue weighted by molar-refractivity contribution is 1.14. The van der Waals surface area contributed by atoms with E-state index < -0.39 is 0 Å². The minimum atomic E-state index is 0.292. The molecule has 0 aliphatic carbocycles. The molecule has 1 heterocycles. The van der Waals surface area contributed by atoms with Gasteiger partial charge in [-0.1, -0.05) is 34.8 Å². The Kier molecular flexibility index (Phi) is 3.31. The van der Waals surface area contributed by atoms with Crippen molar-refractivity contribution in [2.24, 2.45) is 0 Å². The van der Waals surface area contributed by atoms with Crippen LogP contribution in [-0.4, -0.2) is 11.2 Å². The molecule has 0 saturated carbocycles. The number of hydrogen-bond donors (Lipinski definition) is 0. The molecule has 11 heavy (non-hydrogen) atoms. The Morgan fingerprint density at radius 3 is 2.45 bits per heavy atom. The van der Waals surface area contributed by atoms with E-state index in [9.17, 15) is 0 Å². The third-order valence-electron chi connectivity index (χ3n) is 1.05. The van der Waals surface area contributed by atoms with E-state index in [4.69, 9.17) is 34.8 Å². The summed E-state index contributed by atoms with van der Waals surface area (Å²) in [4.78, 5) is 3.96. The zero-order valence-electron chi connectivity index (χ0n) is 5.57. The van der Waals surface area contributed by atoms with Gasteiger partial charge < -0.3 is 0 Å². The quantitative estimate of drug-likeness (QED) is 0.536. The van der Waals surface area contributed by atoms with E-state index in [0.29, 0.717) is 20.2 Å². The molecule has 0 bridgehead atoms. The van der Waals surface area contributed by atoms with Gasteiger partial charge in [0.2, 0.25) is 0 Å². The number of hydrogen-bond acceptors (Lipinski definition) is 2. The van der Waals surface area contributed by atoms with Crippen molar-refractivity contribution in [1.82, 2.24) is 4.98 Å². The minimum Gasteiger partial charge on any atom is -0.227 e. The number of thioether (sulfide) groups is 1. The van der Waals surface area contributed by atoms with Crippen LogP contribution in [0.5, 0.6) is 0 Å². The van der Waals surface area contributed by atoms with Gasteiger partial charge >= 0.3 is 0 Å². The largest absolute Gasteiger partial charge is 0.227 e. The van der Waals surface area contributed by atoms with Crippen LogP contribution in [0.25, 0.3) is 0 Å². The van der Waals surface area contributed by atoms with E-state index in [0.717, 1.165) is 0 Å². The monoisotopic (exact) mass is 227 g/mol. The molecule has 0 spiro atoms. The Morgan fingerprint density at radius 2 is 1.91 bits per heavy atom. The fourth-order valence-corrected chi connectivity index (χ4v) is 1.79. The van der Waals surface area contributed by atoms with Crippen molar-refractivity contribution < 1.29 is 0 Å². The molecular weight excluding hydrogens is 224 g/mol. The summed E-state index contributed by atoms with van der Waals surface area (Å²) in [7, 11) is 0. The summed E-state index contributed by atoms with van der Waals surface area (Å²) in [5.41, 5.74) is 0. The molecule has 0 unspecified atom stereocenters. The molecule has 0 aliphatic rings. The topological polar surface area (TPSA) is 12.9 Å². The van der Waals surface area contributed by atoms with Gasteiger partial charge in [-0.2, -0.15) is 0 Å². The highest BCUT2D eigenvalue weighted by Gasteiger charge is 2.05. The van der Waals surface area contributed by atoms with Crippen molar-refractivity contribution in [3.05, 3.63) is 21.3 Å². The van der Waals surface area contributed by atoms with Crippen LogP contribution in [0, 0.1) is 0 Å². The molecule has 0 saturated heterocycles. The summed E-state index contributed by atoms with van der Waals surface area (Å²) in [5.74, 6) is 0. The summed E-state index contributed by atoms with van der Waals surface area (Å²) in [6, 6.07) is 1.59. The second-order valence-corrected chi connectivity index (χ2v) is 3.72. The van der Waals surface area contributed by atoms with Crippen LogP contribution in [0.1, 0.15) is 0 Å². The molecule has 0 atom stereocenters. The first kappa shape index (κ1) is 9.46. The van der Waals surface area contributed by atoms with Crippen LogP contribution in [0.15, 0.2) is 11.1 Å². The van der Waals surface area contributed by atoms with Crippen molar-refractivity contribution in [1.29, 1.82) is 0 Å². The van der Waals surface area contributed by atoms with E-state index in [2.05, 4.69) is 4.98 Å². The lowest BCUT2D eigenvalue weighted by atomic mass is 10.5. The van der Waals surface area contributed by atoms with Gasteiger partial charge in [-0.05, 0) is 12.3 Å². The average Bonchev–Trinajstić information content (AvgIpc) is 1.97. The second-order valence-electron chi connectivity index (χ2n) is 1.75. The molecule has 0 amide bonds. The first-order valence-electron chi connectivity index (χ1n) is 2.70. The lowest BCUT2D eigenvalue weighted by Gasteiger charge is -2.00. The Labute approximate surface area is 84.0 Å². The Bertz CT molecular complexity index is 277. The van der Waals surface area contributed by atoms with E-state index in [1.807, 2.05) is 6.26 Å². The summed E-state index contributed by atoms with van der Waals surface area (Å²) >= 11 is 18.5. The Morgan fingerprint density at radius 1 is 1.27 bits per heavy atom. The van der Waals surface area contributed by atoms with Gasteiger partial charge in [-0.25, -0.2) is 4.98 Å². The molecule has 1 aromatic rings. The maximum atomic E-state index is 5.78. The maximum absolute atomic E-state index is 5.78. The molecule has 5 heteroatoms.